The van der Waals surface area contributed by atoms with E-state index in [1.54, 1.807) is 6.07 Å². The van der Waals surface area contributed by atoms with Gasteiger partial charge in [-0.3, -0.25) is 4.90 Å². The summed E-state index contributed by atoms with van der Waals surface area (Å²) in [6.45, 7) is 9.24. The van der Waals surface area contributed by atoms with E-state index in [9.17, 15) is 13.2 Å². The molecule has 5 heteroatoms. The Morgan fingerprint density at radius 3 is 2.06 bits per heavy atom. The van der Waals surface area contributed by atoms with Crippen molar-refractivity contribution in [3.63, 3.8) is 0 Å². The van der Waals surface area contributed by atoms with Gasteiger partial charge in [-0.05, 0) is 75.5 Å². The minimum absolute atomic E-state index is 0.265. The van der Waals surface area contributed by atoms with Gasteiger partial charge in [0.1, 0.15) is 0 Å². The SMILES string of the molecule is CC#N.CC(C)N(CCc1ccccc1)C(C)CCc1ccc(C2CCCCC2C(F)(F)F)cc1. The fraction of sp³-hybridized carbons (Fsp3) is 0.567. The van der Waals surface area contributed by atoms with Crippen LogP contribution in [0.5, 0.6) is 0 Å². The topological polar surface area (TPSA) is 27.0 Å². The zero-order valence-corrected chi connectivity index (χ0v) is 21.7. The van der Waals surface area contributed by atoms with E-state index in [0.717, 1.165) is 37.8 Å². The normalized spacial score (nSPS) is 19.1. The molecule has 0 heterocycles. The molecule has 0 spiro atoms. The summed E-state index contributed by atoms with van der Waals surface area (Å²) in [7, 11) is 0. The van der Waals surface area contributed by atoms with Crippen LogP contribution >= 0.6 is 0 Å². The summed E-state index contributed by atoms with van der Waals surface area (Å²) in [6, 6.07) is 21.3. The van der Waals surface area contributed by atoms with Gasteiger partial charge in [0.05, 0.1) is 12.0 Å². The molecule has 0 N–H and O–H groups in total. The van der Waals surface area contributed by atoms with Crippen molar-refractivity contribution in [1.29, 1.82) is 5.26 Å². The molecule has 1 fully saturated rings. The highest BCUT2D eigenvalue weighted by Crippen LogP contribution is 2.46. The zero-order chi connectivity index (χ0) is 25.8. The first-order chi connectivity index (χ1) is 16.7. The van der Waals surface area contributed by atoms with Crippen molar-refractivity contribution >= 4 is 0 Å². The summed E-state index contributed by atoms with van der Waals surface area (Å²) in [5, 5.41) is 7.32. The van der Waals surface area contributed by atoms with Crippen molar-refractivity contribution in [3.05, 3.63) is 71.3 Å². The minimum Gasteiger partial charge on any atom is -0.298 e. The van der Waals surface area contributed by atoms with Gasteiger partial charge in [0.15, 0.2) is 0 Å². The maximum Gasteiger partial charge on any atom is 0.392 e. The Morgan fingerprint density at radius 2 is 1.49 bits per heavy atom. The molecule has 0 aliphatic heterocycles. The number of hydrogen-bond donors (Lipinski definition) is 0. The van der Waals surface area contributed by atoms with Crippen LogP contribution in [0.15, 0.2) is 54.6 Å². The maximum atomic E-state index is 13.5. The summed E-state index contributed by atoms with van der Waals surface area (Å²) in [6.07, 6.45) is 1.42. The number of aryl methyl sites for hydroxylation is 1. The summed E-state index contributed by atoms with van der Waals surface area (Å²) in [4.78, 5) is 2.55. The number of hydrogen-bond acceptors (Lipinski definition) is 2. The highest BCUT2D eigenvalue weighted by molar-refractivity contribution is 5.27. The second-order valence-corrected chi connectivity index (χ2v) is 9.96. The molecule has 0 aromatic heterocycles. The molecule has 2 nitrogen and oxygen atoms in total. The van der Waals surface area contributed by atoms with Gasteiger partial charge in [0, 0.05) is 25.6 Å². The van der Waals surface area contributed by atoms with Crippen molar-refractivity contribution < 1.29 is 13.2 Å². The number of benzene rings is 2. The fourth-order valence-corrected chi connectivity index (χ4v) is 5.28. The van der Waals surface area contributed by atoms with E-state index < -0.39 is 12.1 Å². The first-order valence-electron chi connectivity index (χ1n) is 12.9. The van der Waals surface area contributed by atoms with Crippen molar-refractivity contribution in [2.24, 2.45) is 5.92 Å². The van der Waals surface area contributed by atoms with Crippen LogP contribution in [-0.2, 0) is 12.8 Å². The lowest BCUT2D eigenvalue weighted by atomic mass is 9.75. The first kappa shape index (κ1) is 28.9. The molecule has 3 rings (SSSR count). The highest BCUT2D eigenvalue weighted by Gasteiger charge is 2.45. The van der Waals surface area contributed by atoms with Crippen LogP contribution in [0, 0.1) is 17.2 Å². The van der Waals surface area contributed by atoms with E-state index in [1.807, 2.05) is 24.3 Å². The molecule has 0 bridgehead atoms. The van der Waals surface area contributed by atoms with Gasteiger partial charge < -0.3 is 0 Å². The molecule has 3 unspecified atom stereocenters. The fourth-order valence-electron chi connectivity index (χ4n) is 5.28. The van der Waals surface area contributed by atoms with Crippen LogP contribution in [-0.4, -0.2) is 29.7 Å². The van der Waals surface area contributed by atoms with Crippen molar-refractivity contribution in [2.45, 2.75) is 96.8 Å². The third-order valence-corrected chi connectivity index (χ3v) is 7.18. The summed E-state index contributed by atoms with van der Waals surface area (Å²) in [5.74, 6) is -1.57. The molecule has 3 atom stereocenters. The van der Waals surface area contributed by atoms with E-state index >= 15 is 0 Å². The second-order valence-electron chi connectivity index (χ2n) is 9.96. The van der Waals surface area contributed by atoms with Gasteiger partial charge in [0.25, 0.3) is 0 Å². The third kappa shape index (κ3) is 9.33. The van der Waals surface area contributed by atoms with Gasteiger partial charge in [-0.15, -0.1) is 0 Å². The molecule has 1 saturated carbocycles. The zero-order valence-electron chi connectivity index (χ0n) is 21.7. The van der Waals surface area contributed by atoms with E-state index in [1.165, 1.54) is 18.1 Å². The highest BCUT2D eigenvalue weighted by atomic mass is 19.4. The summed E-state index contributed by atoms with van der Waals surface area (Å²) < 4.78 is 40.4. The summed E-state index contributed by atoms with van der Waals surface area (Å²) in [5.41, 5.74) is 3.43. The van der Waals surface area contributed by atoms with Crippen LogP contribution in [0.4, 0.5) is 13.2 Å². The number of halogens is 3. The molecule has 2 aromatic carbocycles. The molecule has 0 radical (unpaired) electrons. The van der Waals surface area contributed by atoms with Gasteiger partial charge in [0.2, 0.25) is 0 Å². The molecule has 0 saturated heterocycles. The van der Waals surface area contributed by atoms with E-state index in [0.29, 0.717) is 24.9 Å². The lowest BCUT2D eigenvalue weighted by Crippen LogP contribution is -2.40. The molecule has 1 aliphatic rings. The van der Waals surface area contributed by atoms with Crippen LogP contribution < -0.4 is 0 Å². The van der Waals surface area contributed by atoms with Crippen molar-refractivity contribution in [3.8, 4) is 6.07 Å². The van der Waals surface area contributed by atoms with Crippen LogP contribution in [0.3, 0.4) is 0 Å². The second kappa shape index (κ2) is 14.3. The molecule has 192 valence electrons. The van der Waals surface area contributed by atoms with Gasteiger partial charge in [-0.25, -0.2) is 0 Å². The Labute approximate surface area is 210 Å². The first-order valence-corrected chi connectivity index (χ1v) is 12.9. The van der Waals surface area contributed by atoms with E-state index in [-0.39, 0.29) is 12.3 Å². The van der Waals surface area contributed by atoms with Gasteiger partial charge in [-0.1, -0.05) is 67.4 Å². The molecule has 0 amide bonds. The van der Waals surface area contributed by atoms with Crippen LogP contribution in [0.25, 0.3) is 0 Å². The number of nitrogens with zero attached hydrogens (tertiary/aromatic N) is 2. The predicted octanol–water partition coefficient (Wildman–Crippen LogP) is 8.33. The lowest BCUT2D eigenvalue weighted by molar-refractivity contribution is -0.187. The smallest absolute Gasteiger partial charge is 0.298 e. The van der Waals surface area contributed by atoms with E-state index in [4.69, 9.17) is 5.26 Å². The standard InChI is InChI=1S/C28H38F3N.C2H3N/c1-21(2)32(20-19-23-9-5-4-6-10-23)22(3)13-14-24-15-17-25(18-16-24)26-11-7-8-12-27(26)28(29,30)31;1-2-3/h4-6,9-10,15-18,21-22,26-27H,7-8,11-14,19-20H2,1-3H3;1H3. The Kier molecular flexibility index (Phi) is 11.8. The number of alkyl halides is 3. The molecule has 2 aromatic rings. The number of nitriles is 1. The maximum absolute atomic E-state index is 13.5. The van der Waals surface area contributed by atoms with E-state index in [2.05, 4.69) is 56.0 Å². The third-order valence-electron chi connectivity index (χ3n) is 7.18. The van der Waals surface area contributed by atoms with Gasteiger partial charge in [-0.2, -0.15) is 18.4 Å². The molecular formula is C30H41F3N2. The van der Waals surface area contributed by atoms with Crippen molar-refractivity contribution in [1.82, 2.24) is 4.90 Å². The summed E-state index contributed by atoms with van der Waals surface area (Å²) >= 11 is 0. The largest absolute Gasteiger partial charge is 0.392 e. The number of rotatable bonds is 9. The Balaban J connectivity index is 0.00000137. The Hall–Kier alpha value is -2.32. The molecular weight excluding hydrogens is 445 g/mol. The van der Waals surface area contributed by atoms with Crippen LogP contribution in [0.1, 0.15) is 82.4 Å². The predicted molar refractivity (Wildman–Crippen MR) is 138 cm³/mol. The van der Waals surface area contributed by atoms with Crippen LogP contribution in [0.2, 0.25) is 0 Å². The Bertz CT molecular complexity index is 885. The average molecular weight is 487 g/mol. The molecule has 1 aliphatic carbocycles. The van der Waals surface area contributed by atoms with Crippen molar-refractivity contribution in [2.75, 3.05) is 6.54 Å². The average Bonchev–Trinajstić information content (AvgIpc) is 2.83. The molecule has 35 heavy (non-hydrogen) atoms. The Morgan fingerprint density at radius 1 is 0.914 bits per heavy atom. The quantitative estimate of drug-likeness (QED) is 0.356. The monoisotopic (exact) mass is 486 g/mol. The minimum atomic E-state index is -4.10. The van der Waals surface area contributed by atoms with Gasteiger partial charge >= 0.3 is 6.18 Å². The lowest BCUT2D eigenvalue weighted by Gasteiger charge is -2.33.